The number of amides is 1. The number of nitrogens with one attached hydrogen (secondary N) is 1. The van der Waals surface area contributed by atoms with Gasteiger partial charge >= 0.3 is 0 Å². The first kappa shape index (κ1) is 20.4. The second-order valence-corrected chi connectivity index (χ2v) is 9.35. The van der Waals surface area contributed by atoms with Crippen molar-refractivity contribution < 1.29 is 4.79 Å². The van der Waals surface area contributed by atoms with Crippen molar-refractivity contribution in [2.75, 3.05) is 37.6 Å². The molecule has 2 saturated heterocycles. The van der Waals surface area contributed by atoms with Crippen molar-refractivity contribution in [1.82, 2.24) is 15.2 Å². The Morgan fingerprint density at radius 3 is 2.59 bits per heavy atom. The zero-order valence-electron chi connectivity index (χ0n) is 17.3. The second-order valence-electron chi connectivity index (χ2n) is 8.34. The molecule has 0 aliphatic carbocycles. The van der Waals surface area contributed by atoms with Crippen LogP contribution in [0.2, 0.25) is 0 Å². The Labute approximate surface area is 178 Å². The monoisotopic (exact) mass is 412 g/mol. The predicted molar refractivity (Wildman–Crippen MR) is 120 cm³/mol. The fourth-order valence-corrected chi connectivity index (χ4v) is 5.34. The highest BCUT2D eigenvalue weighted by Gasteiger charge is 2.27. The Morgan fingerprint density at radius 1 is 1.14 bits per heavy atom. The van der Waals surface area contributed by atoms with Crippen LogP contribution in [0.1, 0.15) is 60.2 Å². The maximum absolute atomic E-state index is 12.6. The third-order valence-electron chi connectivity index (χ3n) is 6.30. The highest BCUT2D eigenvalue weighted by atomic mass is 32.1. The van der Waals surface area contributed by atoms with Gasteiger partial charge in [-0.3, -0.25) is 4.79 Å². The van der Waals surface area contributed by atoms with Gasteiger partial charge < -0.3 is 15.1 Å². The molecule has 0 spiro atoms. The minimum atomic E-state index is -0.0141. The van der Waals surface area contributed by atoms with E-state index in [1.54, 1.807) is 6.20 Å². The van der Waals surface area contributed by atoms with Gasteiger partial charge in [0, 0.05) is 25.7 Å². The van der Waals surface area contributed by atoms with Crippen molar-refractivity contribution >= 4 is 22.4 Å². The van der Waals surface area contributed by atoms with Gasteiger partial charge in [0.05, 0.1) is 6.20 Å². The SMILES string of the molecule is CC(CNC(=O)c1cnc(N2CCC(N3CCCCC3)CC2)s1)c1ccccc1. The molecule has 1 N–H and O–H groups in total. The fraction of sp³-hybridized carbons (Fsp3) is 0.565. The normalized spacial score (nSPS) is 19.8. The lowest BCUT2D eigenvalue weighted by Crippen LogP contribution is -2.46. The molecule has 0 bridgehead atoms. The van der Waals surface area contributed by atoms with Crippen LogP contribution < -0.4 is 10.2 Å². The maximum atomic E-state index is 12.6. The molecule has 2 aromatic rings. The van der Waals surface area contributed by atoms with Crippen molar-refractivity contribution in [3.63, 3.8) is 0 Å². The van der Waals surface area contributed by atoms with Gasteiger partial charge in [-0.15, -0.1) is 0 Å². The van der Waals surface area contributed by atoms with E-state index in [9.17, 15) is 4.79 Å². The van der Waals surface area contributed by atoms with Crippen molar-refractivity contribution in [2.24, 2.45) is 0 Å². The van der Waals surface area contributed by atoms with Crippen molar-refractivity contribution in [3.8, 4) is 0 Å². The van der Waals surface area contributed by atoms with Gasteiger partial charge in [-0.25, -0.2) is 4.98 Å². The number of anilines is 1. The Bertz CT molecular complexity index is 779. The van der Waals surface area contributed by atoms with Gasteiger partial charge in [0.1, 0.15) is 4.88 Å². The number of nitrogens with zero attached hydrogens (tertiary/aromatic N) is 3. The second kappa shape index (κ2) is 9.72. The summed E-state index contributed by atoms with van der Waals surface area (Å²) in [7, 11) is 0. The molecule has 29 heavy (non-hydrogen) atoms. The van der Waals surface area contributed by atoms with Gasteiger partial charge in [-0.1, -0.05) is 55.0 Å². The number of hydrogen-bond donors (Lipinski definition) is 1. The molecule has 0 saturated carbocycles. The van der Waals surface area contributed by atoms with E-state index in [-0.39, 0.29) is 5.91 Å². The minimum absolute atomic E-state index is 0.0141. The van der Waals surface area contributed by atoms with Crippen molar-refractivity contribution in [2.45, 2.75) is 51.0 Å². The summed E-state index contributed by atoms with van der Waals surface area (Å²) in [4.78, 5) is 22.9. The van der Waals surface area contributed by atoms with Crippen LogP contribution in [-0.2, 0) is 0 Å². The smallest absolute Gasteiger partial charge is 0.263 e. The van der Waals surface area contributed by atoms with Gasteiger partial charge in [0.2, 0.25) is 0 Å². The zero-order chi connectivity index (χ0) is 20.1. The highest BCUT2D eigenvalue weighted by molar-refractivity contribution is 7.17. The number of likely N-dealkylation sites (tertiary alicyclic amines) is 1. The molecular weight excluding hydrogens is 380 g/mol. The lowest BCUT2D eigenvalue weighted by atomic mass is 10.0. The number of aromatic nitrogens is 1. The average molecular weight is 413 g/mol. The number of hydrogen-bond acceptors (Lipinski definition) is 5. The fourth-order valence-electron chi connectivity index (χ4n) is 4.45. The lowest BCUT2D eigenvalue weighted by molar-refractivity contribution is 0.0955. The standard InChI is InChI=1S/C23H32N4OS/c1-18(19-8-4-2-5-9-19)16-24-22(28)21-17-25-23(29-21)27-14-10-20(11-15-27)26-12-6-3-7-13-26/h2,4-5,8-9,17-18,20H,3,6-7,10-16H2,1H3,(H,24,28). The molecule has 2 fully saturated rings. The molecule has 1 unspecified atom stereocenters. The molecule has 2 aliphatic rings. The molecule has 1 atom stereocenters. The minimum Gasteiger partial charge on any atom is -0.351 e. The summed E-state index contributed by atoms with van der Waals surface area (Å²) < 4.78 is 0. The summed E-state index contributed by atoms with van der Waals surface area (Å²) in [5.74, 6) is 0.279. The molecule has 2 aliphatic heterocycles. The molecule has 4 rings (SSSR count). The lowest BCUT2D eigenvalue weighted by Gasteiger charge is -2.40. The quantitative estimate of drug-likeness (QED) is 0.775. The van der Waals surface area contributed by atoms with Gasteiger partial charge in [-0.2, -0.15) is 0 Å². The molecule has 6 heteroatoms. The molecule has 1 aromatic heterocycles. The molecule has 1 aromatic carbocycles. The average Bonchev–Trinajstić information content (AvgIpc) is 3.29. The van der Waals surface area contributed by atoms with Gasteiger partial charge in [0.15, 0.2) is 5.13 Å². The predicted octanol–water partition coefficient (Wildman–Crippen LogP) is 4.13. The summed E-state index contributed by atoms with van der Waals surface area (Å²) in [6, 6.07) is 11.0. The van der Waals surface area contributed by atoms with E-state index in [4.69, 9.17) is 0 Å². The Balaban J connectivity index is 1.26. The van der Waals surface area contributed by atoms with Crippen LogP contribution in [-0.4, -0.2) is 54.6 Å². The summed E-state index contributed by atoms with van der Waals surface area (Å²) in [5.41, 5.74) is 1.24. The molecule has 1 amide bonds. The first-order chi connectivity index (χ1) is 14.2. The Kier molecular flexibility index (Phi) is 6.82. The number of rotatable bonds is 6. The number of carbonyl (C=O) groups excluding carboxylic acids is 1. The maximum Gasteiger partial charge on any atom is 0.263 e. The largest absolute Gasteiger partial charge is 0.351 e. The Hall–Kier alpha value is -1.92. The van der Waals surface area contributed by atoms with E-state index in [0.717, 1.165) is 24.3 Å². The van der Waals surface area contributed by atoms with Crippen LogP contribution in [0, 0.1) is 0 Å². The van der Waals surface area contributed by atoms with Crippen LogP contribution in [0.15, 0.2) is 36.5 Å². The first-order valence-corrected chi connectivity index (χ1v) is 11.8. The highest BCUT2D eigenvalue weighted by Crippen LogP contribution is 2.28. The summed E-state index contributed by atoms with van der Waals surface area (Å²) >= 11 is 1.52. The number of benzene rings is 1. The van der Waals surface area contributed by atoms with Crippen LogP contribution in [0.25, 0.3) is 0 Å². The molecule has 5 nitrogen and oxygen atoms in total. The van der Waals surface area contributed by atoms with Crippen LogP contribution in [0.4, 0.5) is 5.13 Å². The van der Waals surface area contributed by atoms with Crippen molar-refractivity contribution in [1.29, 1.82) is 0 Å². The van der Waals surface area contributed by atoms with E-state index >= 15 is 0 Å². The van der Waals surface area contributed by atoms with Gasteiger partial charge in [-0.05, 0) is 50.3 Å². The third-order valence-corrected chi connectivity index (χ3v) is 7.35. The molecule has 3 heterocycles. The first-order valence-electron chi connectivity index (χ1n) is 11.0. The molecular formula is C23H32N4OS. The number of carbonyl (C=O) groups is 1. The van der Waals surface area contributed by atoms with E-state index in [0.29, 0.717) is 17.3 Å². The van der Waals surface area contributed by atoms with Crippen LogP contribution in [0.3, 0.4) is 0 Å². The summed E-state index contributed by atoms with van der Waals surface area (Å²) in [5, 5.41) is 4.06. The van der Waals surface area contributed by atoms with E-state index < -0.39 is 0 Å². The van der Waals surface area contributed by atoms with E-state index in [1.807, 2.05) is 18.2 Å². The van der Waals surface area contributed by atoms with Crippen LogP contribution in [0.5, 0.6) is 0 Å². The summed E-state index contributed by atoms with van der Waals surface area (Å²) in [6.45, 7) is 7.40. The number of thiazole rings is 1. The van der Waals surface area contributed by atoms with Gasteiger partial charge in [0.25, 0.3) is 5.91 Å². The topological polar surface area (TPSA) is 48.5 Å². The molecule has 0 radical (unpaired) electrons. The van der Waals surface area contributed by atoms with Crippen molar-refractivity contribution in [3.05, 3.63) is 47.0 Å². The Morgan fingerprint density at radius 2 is 1.86 bits per heavy atom. The summed E-state index contributed by atoms with van der Waals surface area (Å²) in [6.07, 6.45) is 8.25. The van der Waals surface area contributed by atoms with E-state index in [2.05, 4.69) is 39.2 Å². The molecule has 156 valence electrons. The third kappa shape index (κ3) is 5.17. The van der Waals surface area contributed by atoms with Crippen LogP contribution >= 0.6 is 11.3 Å². The zero-order valence-corrected chi connectivity index (χ0v) is 18.2. The van der Waals surface area contributed by atoms with E-state index in [1.165, 1.54) is 62.1 Å². The number of piperidine rings is 2.